The normalized spacial score (nSPS) is 19.4. The van der Waals surface area contributed by atoms with Gasteiger partial charge in [0.05, 0.1) is 5.69 Å². The topological polar surface area (TPSA) is 29.1 Å². The summed E-state index contributed by atoms with van der Waals surface area (Å²) in [5, 5.41) is 3.42. The average molecular weight is 249 g/mol. The number of fused-ring (bicyclic) bond motifs is 1. The Morgan fingerprint density at radius 2 is 2.18 bits per heavy atom. The number of carbonyl (C=O) groups excluding carboxylic acids is 1. The number of rotatable bonds is 4. The molecule has 17 heavy (non-hydrogen) atoms. The molecule has 0 bridgehead atoms. The van der Waals surface area contributed by atoms with Gasteiger partial charge in [0, 0.05) is 16.6 Å². The fourth-order valence-corrected chi connectivity index (χ4v) is 3.37. The van der Waals surface area contributed by atoms with Crippen molar-refractivity contribution >= 4 is 23.4 Å². The van der Waals surface area contributed by atoms with E-state index in [2.05, 4.69) is 18.3 Å². The lowest BCUT2D eigenvalue weighted by Gasteiger charge is -2.12. The summed E-state index contributed by atoms with van der Waals surface area (Å²) in [6.07, 6.45) is 5.51. The number of amides is 1. The Morgan fingerprint density at radius 3 is 3.00 bits per heavy atom. The van der Waals surface area contributed by atoms with Crippen LogP contribution in [0.15, 0.2) is 29.2 Å². The maximum absolute atomic E-state index is 11.8. The van der Waals surface area contributed by atoms with Crippen LogP contribution in [0.2, 0.25) is 0 Å². The molecule has 1 aliphatic heterocycles. The molecule has 1 atom stereocenters. The Kier molecular flexibility index (Phi) is 4.49. The minimum absolute atomic E-state index is 0.156. The molecule has 2 nitrogen and oxygen atoms in total. The molecule has 1 aromatic carbocycles. The van der Waals surface area contributed by atoms with Gasteiger partial charge in [-0.3, -0.25) is 4.79 Å². The molecular formula is C14H19NOS. The lowest BCUT2D eigenvalue weighted by atomic mass is 10.1. The Morgan fingerprint density at radius 1 is 1.35 bits per heavy atom. The predicted molar refractivity (Wildman–Crippen MR) is 73.5 cm³/mol. The van der Waals surface area contributed by atoms with Crippen LogP contribution in [0.25, 0.3) is 0 Å². The number of hydrogen-bond acceptors (Lipinski definition) is 2. The predicted octanol–water partition coefficient (Wildman–Crippen LogP) is 4.07. The van der Waals surface area contributed by atoms with E-state index in [1.165, 1.54) is 24.2 Å². The summed E-state index contributed by atoms with van der Waals surface area (Å²) in [5.74, 6) is 0.156. The molecule has 0 aromatic heterocycles. The molecular weight excluding hydrogens is 230 g/mol. The number of thioether (sulfide) groups is 1. The first-order chi connectivity index (χ1) is 8.29. The number of nitrogens with one attached hydrogen (secondary N) is 1. The second-order valence-electron chi connectivity index (χ2n) is 4.48. The number of anilines is 1. The van der Waals surface area contributed by atoms with E-state index in [9.17, 15) is 4.79 Å². The lowest BCUT2D eigenvalue weighted by molar-refractivity contribution is -0.116. The third-order valence-corrected chi connectivity index (χ3v) is 4.34. The first-order valence-corrected chi connectivity index (χ1v) is 7.23. The Bertz CT molecular complexity index is 392. The van der Waals surface area contributed by atoms with E-state index in [0.29, 0.717) is 11.7 Å². The van der Waals surface area contributed by atoms with E-state index in [0.717, 1.165) is 12.1 Å². The van der Waals surface area contributed by atoms with Crippen LogP contribution in [-0.4, -0.2) is 11.2 Å². The van der Waals surface area contributed by atoms with Crippen LogP contribution >= 0.6 is 11.8 Å². The molecule has 0 unspecified atom stereocenters. The van der Waals surface area contributed by atoms with E-state index < -0.39 is 0 Å². The fraction of sp³-hybridized carbons (Fsp3) is 0.500. The minimum atomic E-state index is 0.156. The quantitative estimate of drug-likeness (QED) is 0.815. The van der Waals surface area contributed by atoms with Gasteiger partial charge in [-0.2, -0.15) is 0 Å². The highest BCUT2D eigenvalue weighted by Gasteiger charge is 2.21. The van der Waals surface area contributed by atoms with E-state index in [-0.39, 0.29) is 5.91 Å². The maximum atomic E-state index is 11.8. The first-order valence-electron chi connectivity index (χ1n) is 6.35. The third kappa shape index (κ3) is 3.50. The zero-order valence-electron chi connectivity index (χ0n) is 10.2. The van der Waals surface area contributed by atoms with E-state index in [4.69, 9.17) is 0 Å². The summed E-state index contributed by atoms with van der Waals surface area (Å²) in [6.45, 7) is 2.21. The molecule has 1 aromatic rings. The number of carbonyl (C=O) groups is 1. The van der Waals surface area contributed by atoms with Crippen molar-refractivity contribution in [3.05, 3.63) is 24.3 Å². The minimum Gasteiger partial charge on any atom is -0.325 e. The maximum Gasteiger partial charge on any atom is 0.225 e. The molecule has 1 aliphatic rings. The van der Waals surface area contributed by atoms with Crippen molar-refractivity contribution in [3.8, 4) is 0 Å². The van der Waals surface area contributed by atoms with Gasteiger partial charge in [-0.25, -0.2) is 0 Å². The van der Waals surface area contributed by atoms with Gasteiger partial charge in [-0.15, -0.1) is 11.8 Å². The number of benzene rings is 1. The Hall–Kier alpha value is -0.960. The largest absolute Gasteiger partial charge is 0.325 e. The van der Waals surface area contributed by atoms with Gasteiger partial charge in [0.25, 0.3) is 0 Å². The van der Waals surface area contributed by atoms with Crippen LogP contribution in [-0.2, 0) is 4.79 Å². The van der Waals surface area contributed by atoms with Gasteiger partial charge in [0.1, 0.15) is 0 Å². The molecule has 0 radical (unpaired) electrons. The van der Waals surface area contributed by atoms with Gasteiger partial charge < -0.3 is 5.32 Å². The molecule has 1 N–H and O–H groups in total. The van der Waals surface area contributed by atoms with Crippen LogP contribution in [0.1, 0.15) is 39.0 Å². The standard InChI is InChI=1S/C14H19NOS/c1-2-3-4-7-11-10-14(16)15-12-8-5-6-9-13(12)17-11/h5-6,8-9,11H,2-4,7,10H2,1H3,(H,15,16)/t11-/m0/s1. The zero-order valence-corrected chi connectivity index (χ0v) is 11.1. The molecule has 2 rings (SSSR count). The number of para-hydroxylation sites is 1. The molecule has 0 saturated carbocycles. The SMILES string of the molecule is CCCCC[C@H]1CC(=O)Nc2ccccc2S1. The Balaban J connectivity index is 2.04. The van der Waals surface area contributed by atoms with Gasteiger partial charge in [-0.05, 0) is 18.6 Å². The summed E-state index contributed by atoms with van der Waals surface area (Å²) in [7, 11) is 0. The highest BCUT2D eigenvalue weighted by Crippen LogP contribution is 2.36. The molecule has 1 amide bonds. The number of hydrogen-bond donors (Lipinski definition) is 1. The van der Waals surface area contributed by atoms with Crippen molar-refractivity contribution in [1.82, 2.24) is 0 Å². The lowest BCUT2D eigenvalue weighted by Crippen LogP contribution is -2.15. The fourth-order valence-electron chi connectivity index (χ4n) is 2.08. The van der Waals surface area contributed by atoms with Crippen molar-refractivity contribution < 1.29 is 4.79 Å². The van der Waals surface area contributed by atoms with Gasteiger partial charge >= 0.3 is 0 Å². The van der Waals surface area contributed by atoms with Crippen LogP contribution in [0.4, 0.5) is 5.69 Å². The van der Waals surface area contributed by atoms with Crippen LogP contribution < -0.4 is 5.32 Å². The first kappa shape index (κ1) is 12.5. The Labute approximate surface area is 107 Å². The van der Waals surface area contributed by atoms with Crippen LogP contribution in [0.3, 0.4) is 0 Å². The molecule has 3 heteroatoms. The van der Waals surface area contributed by atoms with Crippen molar-refractivity contribution in [2.75, 3.05) is 5.32 Å². The molecule has 0 spiro atoms. The van der Waals surface area contributed by atoms with Crippen LogP contribution in [0.5, 0.6) is 0 Å². The van der Waals surface area contributed by atoms with Crippen LogP contribution in [0, 0.1) is 0 Å². The van der Waals surface area contributed by atoms with Gasteiger partial charge in [0.15, 0.2) is 0 Å². The molecule has 92 valence electrons. The molecule has 0 fully saturated rings. The highest BCUT2D eigenvalue weighted by molar-refractivity contribution is 8.00. The summed E-state index contributed by atoms with van der Waals surface area (Å²) in [4.78, 5) is 13.0. The third-order valence-electron chi connectivity index (χ3n) is 3.00. The van der Waals surface area contributed by atoms with E-state index in [1.54, 1.807) is 0 Å². The van der Waals surface area contributed by atoms with Crippen molar-refractivity contribution in [2.24, 2.45) is 0 Å². The average Bonchev–Trinajstić information content (AvgIpc) is 2.47. The van der Waals surface area contributed by atoms with Crippen molar-refractivity contribution in [1.29, 1.82) is 0 Å². The monoisotopic (exact) mass is 249 g/mol. The zero-order chi connectivity index (χ0) is 12.1. The van der Waals surface area contributed by atoms with E-state index >= 15 is 0 Å². The van der Waals surface area contributed by atoms with Crippen molar-refractivity contribution in [2.45, 2.75) is 49.2 Å². The van der Waals surface area contributed by atoms with Gasteiger partial charge in [0.2, 0.25) is 5.91 Å². The number of unbranched alkanes of at least 4 members (excludes halogenated alkanes) is 2. The van der Waals surface area contributed by atoms with E-state index in [1.807, 2.05) is 30.0 Å². The second kappa shape index (κ2) is 6.10. The second-order valence-corrected chi connectivity index (χ2v) is 5.83. The summed E-state index contributed by atoms with van der Waals surface area (Å²) >= 11 is 1.85. The molecule has 1 heterocycles. The van der Waals surface area contributed by atoms with Gasteiger partial charge in [-0.1, -0.05) is 38.3 Å². The summed E-state index contributed by atoms with van der Waals surface area (Å²) in [5.41, 5.74) is 0.973. The summed E-state index contributed by atoms with van der Waals surface area (Å²) < 4.78 is 0. The highest BCUT2D eigenvalue weighted by atomic mass is 32.2. The molecule has 0 saturated heterocycles. The smallest absolute Gasteiger partial charge is 0.225 e. The van der Waals surface area contributed by atoms with Crippen molar-refractivity contribution in [3.63, 3.8) is 0 Å². The summed E-state index contributed by atoms with van der Waals surface area (Å²) in [6, 6.07) is 8.08. The molecule has 0 aliphatic carbocycles.